The van der Waals surface area contributed by atoms with Gasteiger partial charge >= 0.3 is 0 Å². The van der Waals surface area contributed by atoms with Gasteiger partial charge in [-0.3, -0.25) is 4.90 Å². The summed E-state index contributed by atoms with van der Waals surface area (Å²) in [5.74, 6) is 0. The van der Waals surface area contributed by atoms with E-state index in [4.69, 9.17) is 5.73 Å². The Bertz CT molecular complexity index is 397. The smallest absolute Gasteiger partial charge is 0.0367 e. The third kappa shape index (κ3) is 3.97. The highest BCUT2D eigenvalue weighted by Gasteiger charge is 2.18. The number of anilines is 1. The van der Waals surface area contributed by atoms with Crippen molar-refractivity contribution in [1.82, 2.24) is 4.90 Å². The van der Waals surface area contributed by atoms with Crippen LogP contribution in [0, 0.1) is 0 Å². The molecule has 0 atom stereocenters. The van der Waals surface area contributed by atoms with Gasteiger partial charge in [0.25, 0.3) is 0 Å². The summed E-state index contributed by atoms with van der Waals surface area (Å²) in [5, 5.41) is 0. The van der Waals surface area contributed by atoms with E-state index in [2.05, 4.69) is 54.8 Å². The van der Waals surface area contributed by atoms with Crippen LogP contribution in [0.4, 0.5) is 5.69 Å². The molecular weight excluding hydrogens is 246 g/mol. The second-order valence-corrected chi connectivity index (χ2v) is 6.77. The van der Waals surface area contributed by atoms with Crippen LogP contribution in [0.25, 0.3) is 0 Å². The zero-order valence-electron chi connectivity index (χ0n) is 13.2. The van der Waals surface area contributed by atoms with Crippen LogP contribution < -0.4 is 10.6 Å². The zero-order valence-corrected chi connectivity index (χ0v) is 13.2. The number of hydrogen-bond donors (Lipinski definition) is 1. The first-order chi connectivity index (χ1) is 9.50. The molecule has 0 amide bonds. The fourth-order valence-electron chi connectivity index (χ4n) is 2.72. The second-order valence-electron chi connectivity index (χ2n) is 6.77. The molecule has 0 unspecified atom stereocenters. The molecule has 2 N–H and O–H groups in total. The average molecular weight is 275 g/mol. The van der Waals surface area contributed by atoms with Gasteiger partial charge in [0.1, 0.15) is 0 Å². The van der Waals surface area contributed by atoms with Crippen molar-refractivity contribution >= 4 is 5.69 Å². The van der Waals surface area contributed by atoms with Crippen LogP contribution in [-0.2, 0) is 5.41 Å². The third-order valence-corrected chi connectivity index (χ3v) is 4.15. The van der Waals surface area contributed by atoms with Crippen LogP contribution in [-0.4, -0.2) is 44.2 Å². The predicted octanol–water partition coefficient (Wildman–Crippen LogP) is 2.45. The van der Waals surface area contributed by atoms with Gasteiger partial charge in [0.15, 0.2) is 0 Å². The summed E-state index contributed by atoms with van der Waals surface area (Å²) in [7, 11) is 0. The molecule has 0 spiro atoms. The van der Waals surface area contributed by atoms with E-state index < -0.39 is 0 Å². The fourth-order valence-corrected chi connectivity index (χ4v) is 2.72. The lowest BCUT2D eigenvalue weighted by Crippen LogP contribution is -2.46. The number of nitrogens with two attached hydrogens (primary N) is 1. The molecular formula is C17H29N3. The monoisotopic (exact) mass is 275 g/mol. The van der Waals surface area contributed by atoms with Gasteiger partial charge in [0.2, 0.25) is 0 Å². The Morgan fingerprint density at radius 1 is 1.00 bits per heavy atom. The summed E-state index contributed by atoms with van der Waals surface area (Å²) in [5.41, 5.74) is 8.57. The fraction of sp³-hybridized carbons (Fsp3) is 0.647. The van der Waals surface area contributed by atoms with Crippen LogP contribution in [0.1, 0.15) is 32.8 Å². The first-order valence-corrected chi connectivity index (χ1v) is 7.78. The number of hydrogen-bond acceptors (Lipinski definition) is 3. The third-order valence-electron chi connectivity index (χ3n) is 4.15. The average Bonchev–Trinajstić information content (AvgIpc) is 2.45. The van der Waals surface area contributed by atoms with Crippen LogP contribution in [0.5, 0.6) is 0 Å². The van der Waals surface area contributed by atoms with E-state index in [0.29, 0.717) is 0 Å². The van der Waals surface area contributed by atoms with Crippen molar-refractivity contribution in [2.24, 2.45) is 5.73 Å². The molecule has 2 rings (SSSR count). The molecule has 0 bridgehead atoms. The number of rotatable bonds is 4. The minimum atomic E-state index is 0.236. The molecule has 1 aromatic carbocycles. The van der Waals surface area contributed by atoms with Gasteiger partial charge in [0.05, 0.1) is 0 Å². The van der Waals surface area contributed by atoms with E-state index in [1.807, 2.05) is 0 Å². The van der Waals surface area contributed by atoms with Crippen molar-refractivity contribution in [3.8, 4) is 0 Å². The summed E-state index contributed by atoms with van der Waals surface area (Å²) >= 11 is 0. The van der Waals surface area contributed by atoms with Crippen LogP contribution in [0.2, 0.25) is 0 Å². The van der Waals surface area contributed by atoms with Crippen molar-refractivity contribution in [2.45, 2.75) is 32.6 Å². The van der Waals surface area contributed by atoms with Gasteiger partial charge in [-0.15, -0.1) is 0 Å². The molecule has 3 heteroatoms. The molecule has 0 radical (unpaired) electrons. The summed E-state index contributed by atoms with van der Waals surface area (Å²) in [4.78, 5) is 5.01. The van der Waals surface area contributed by atoms with Crippen molar-refractivity contribution < 1.29 is 0 Å². The molecule has 112 valence electrons. The van der Waals surface area contributed by atoms with E-state index in [9.17, 15) is 0 Å². The molecule has 1 aliphatic rings. The molecule has 1 heterocycles. The Labute approximate surface area is 123 Å². The number of nitrogens with zero attached hydrogens (tertiary/aromatic N) is 2. The molecule has 1 saturated heterocycles. The molecule has 3 nitrogen and oxygen atoms in total. The number of benzene rings is 1. The normalized spacial score (nSPS) is 17.5. The van der Waals surface area contributed by atoms with Crippen molar-refractivity contribution in [3.63, 3.8) is 0 Å². The Morgan fingerprint density at radius 3 is 2.10 bits per heavy atom. The van der Waals surface area contributed by atoms with Gasteiger partial charge < -0.3 is 10.6 Å². The van der Waals surface area contributed by atoms with Gasteiger partial charge in [-0.2, -0.15) is 0 Å². The van der Waals surface area contributed by atoms with E-state index in [1.165, 1.54) is 11.3 Å². The summed E-state index contributed by atoms with van der Waals surface area (Å²) in [6.07, 6.45) is 1.11. The van der Waals surface area contributed by atoms with Crippen LogP contribution in [0.15, 0.2) is 24.3 Å². The lowest BCUT2D eigenvalue weighted by molar-refractivity contribution is 0.256. The second kappa shape index (κ2) is 6.59. The highest BCUT2D eigenvalue weighted by molar-refractivity contribution is 5.49. The molecule has 0 saturated carbocycles. The summed E-state index contributed by atoms with van der Waals surface area (Å²) < 4.78 is 0. The minimum absolute atomic E-state index is 0.236. The first kappa shape index (κ1) is 15.3. The maximum Gasteiger partial charge on any atom is 0.0367 e. The minimum Gasteiger partial charge on any atom is -0.369 e. The summed E-state index contributed by atoms with van der Waals surface area (Å²) in [6.45, 7) is 13.3. The molecule has 1 aromatic rings. The van der Waals surface area contributed by atoms with Gasteiger partial charge in [0, 0.05) is 31.9 Å². The van der Waals surface area contributed by atoms with E-state index in [0.717, 1.165) is 45.7 Å². The molecule has 20 heavy (non-hydrogen) atoms. The van der Waals surface area contributed by atoms with Gasteiger partial charge in [-0.25, -0.2) is 0 Å². The highest BCUT2D eigenvalue weighted by atomic mass is 15.3. The zero-order chi connectivity index (χ0) is 14.6. The van der Waals surface area contributed by atoms with Crippen molar-refractivity contribution in [3.05, 3.63) is 29.8 Å². The quantitative estimate of drug-likeness (QED) is 0.916. The van der Waals surface area contributed by atoms with Crippen molar-refractivity contribution in [1.29, 1.82) is 0 Å². The standard InChI is InChI=1S/C17H29N3/c1-17(2,3)15-5-7-16(8-6-15)20-13-11-19(12-14-20)10-4-9-18/h5-8H,4,9-14,18H2,1-3H3. The summed E-state index contributed by atoms with van der Waals surface area (Å²) in [6, 6.07) is 9.10. The van der Waals surface area contributed by atoms with Crippen LogP contribution in [0.3, 0.4) is 0 Å². The maximum atomic E-state index is 5.58. The molecule has 1 aliphatic heterocycles. The molecule has 0 aromatic heterocycles. The molecule has 1 fully saturated rings. The highest BCUT2D eigenvalue weighted by Crippen LogP contribution is 2.25. The van der Waals surface area contributed by atoms with E-state index >= 15 is 0 Å². The number of piperazine rings is 1. The van der Waals surface area contributed by atoms with Crippen molar-refractivity contribution in [2.75, 3.05) is 44.2 Å². The Morgan fingerprint density at radius 2 is 1.60 bits per heavy atom. The Kier molecular flexibility index (Phi) is 5.06. The van der Waals surface area contributed by atoms with E-state index in [1.54, 1.807) is 0 Å². The maximum absolute atomic E-state index is 5.58. The SMILES string of the molecule is CC(C)(C)c1ccc(N2CCN(CCCN)CC2)cc1. The molecule has 0 aliphatic carbocycles. The van der Waals surface area contributed by atoms with Crippen LogP contribution >= 0.6 is 0 Å². The first-order valence-electron chi connectivity index (χ1n) is 7.78. The largest absolute Gasteiger partial charge is 0.369 e. The lowest BCUT2D eigenvalue weighted by Gasteiger charge is -2.36. The predicted molar refractivity (Wildman–Crippen MR) is 87.5 cm³/mol. The lowest BCUT2D eigenvalue weighted by atomic mass is 9.87. The topological polar surface area (TPSA) is 32.5 Å². The Hall–Kier alpha value is -1.06. The van der Waals surface area contributed by atoms with Gasteiger partial charge in [-0.1, -0.05) is 32.9 Å². The van der Waals surface area contributed by atoms with Gasteiger partial charge in [-0.05, 0) is 42.6 Å². The van der Waals surface area contributed by atoms with E-state index in [-0.39, 0.29) is 5.41 Å². The Balaban J connectivity index is 1.90.